The number of fused-ring (bicyclic) bond motifs is 4. The molecule has 2 N–H and O–H groups in total. The topological polar surface area (TPSA) is 158 Å². The number of aliphatic hydroxyl groups is 1. The first-order valence-corrected chi connectivity index (χ1v) is 15.8. The van der Waals surface area contributed by atoms with Gasteiger partial charge in [0.2, 0.25) is 0 Å². The molecule has 4 unspecified atom stereocenters. The summed E-state index contributed by atoms with van der Waals surface area (Å²) in [5.41, 5.74) is 0.539. The van der Waals surface area contributed by atoms with E-state index in [1.54, 1.807) is 19.3 Å². The highest BCUT2D eigenvalue weighted by molar-refractivity contribution is 6.10. The van der Waals surface area contributed by atoms with Crippen LogP contribution in [-0.2, 0) is 38.1 Å². The maximum atomic E-state index is 14.1. The Labute approximate surface area is 272 Å². The molecule has 4 bridgehead atoms. The summed E-state index contributed by atoms with van der Waals surface area (Å²) < 4.78 is 27.2. The van der Waals surface area contributed by atoms with Gasteiger partial charge in [0.25, 0.3) is 0 Å². The van der Waals surface area contributed by atoms with Gasteiger partial charge in [0, 0.05) is 22.7 Å². The van der Waals surface area contributed by atoms with Crippen LogP contribution in [0.1, 0.15) is 46.6 Å². The summed E-state index contributed by atoms with van der Waals surface area (Å²) in [6, 6.07) is 7.52. The molecule has 1 saturated heterocycles. The second-order valence-electron chi connectivity index (χ2n) is 13.7. The molecule has 0 aromatic heterocycles. The molecule has 0 spiro atoms. The van der Waals surface area contributed by atoms with Crippen molar-refractivity contribution in [3.05, 3.63) is 69.8 Å². The second kappa shape index (κ2) is 11.5. The van der Waals surface area contributed by atoms with E-state index < -0.39 is 59.4 Å². The third-order valence-electron chi connectivity index (χ3n) is 11.3. The lowest BCUT2D eigenvalue weighted by molar-refractivity contribution is -0.149. The summed E-state index contributed by atoms with van der Waals surface area (Å²) in [6.45, 7) is 9.40. The third-order valence-corrected chi connectivity index (χ3v) is 11.3. The highest BCUT2D eigenvalue weighted by atomic mass is 16.6. The van der Waals surface area contributed by atoms with Gasteiger partial charge in [-0.15, -0.1) is 0 Å². The number of carboxylic acid groups (broad SMARTS) is 1. The van der Waals surface area contributed by atoms with Crippen molar-refractivity contribution in [2.24, 2.45) is 28.1 Å². The fourth-order valence-corrected chi connectivity index (χ4v) is 8.23. The van der Waals surface area contributed by atoms with Crippen molar-refractivity contribution in [2.75, 3.05) is 33.5 Å². The smallest absolute Gasteiger partial charge is 0.335 e. The average molecular weight is 649 g/mol. The van der Waals surface area contributed by atoms with Gasteiger partial charge in [-0.2, -0.15) is 0 Å². The SMILES string of the molecule is COc1ccc(C2=C(C)[C@@]3(C)C(C(=O)OCC4CO4)=C(C(=O)OCC(O)COC(=O)C4=C(C(=O)O)C5C=CC4C5)[C@]2(C)C3(C)C)cc1. The van der Waals surface area contributed by atoms with Gasteiger partial charge in [0.1, 0.15) is 37.8 Å². The Kier molecular flexibility index (Phi) is 7.99. The van der Waals surface area contributed by atoms with Gasteiger partial charge < -0.3 is 33.9 Å². The van der Waals surface area contributed by atoms with E-state index in [9.17, 15) is 29.4 Å². The van der Waals surface area contributed by atoms with Crippen LogP contribution in [-0.4, -0.2) is 79.8 Å². The number of allylic oxidation sites excluding steroid dienone is 4. The molecule has 0 amide bonds. The number of benzene rings is 1. The zero-order valence-corrected chi connectivity index (χ0v) is 27.4. The lowest BCUT2D eigenvalue weighted by Crippen LogP contribution is -2.39. The van der Waals surface area contributed by atoms with E-state index in [1.807, 2.05) is 58.9 Å². The predicted molar refractivity (Wildman–Crippen MR) is 167 cm³/mol. The van der Waals surface area contributed by atoms with Gasteiger partial charge in [0.05, 0.1) is 36.0 Å². The Morgan fingerprint density at radius 3 is 2.00 bits per heavy atom. The number of carbonyl (C=O) groups is 4. The predicted octanol–water partition coefficient (Wildman–Crippen LogP) is 3.81. The van der Waals surface area contributed by atoms with Gasteiger partial charge in [-0.05, 0) is 42.0 Å². The number of esters is 3. The number of aliphatic carboxylic acids is 1. The Morgan fingerprint density at radius 1 is 0.872 bits per heavy atom. The Bertz CT molecular complexity index is 1670. The van der Waals surface area contributed by atoms with Crippen LogP contribution < -0.4 is 4.74 Å². The van der Waals surface area contributed by atoms with Crippen molar-refractivity contribution in [1.29, 1.82) is 0 Å². The third kappa shape index (κ3) is 4.85. The number of epoxide rings is 1. The van der Waals surface area contributed by atoms with Crippen molar-refractivity contribution >= 4 is 29.5 Å². The molecular formula is C36H40O11. The molecule has 47 heavy (non-hydrogen) atoms. The summed E-state index contributed by atoms with van der Waals surface area (Å²) in [4.78, 5) is 52.5. The highest BCUT2D eigenvalue weighted by Gasteiger charge is 2.73. The molecule has 1 fully saturated rings. The number of carbonyl (C=O) groups excluding carboxylic acids is 3. The molecule has 0 saturated carbocycles. The minimum atomic E-state index is -1.40. The number of aliphatic hydroxyl groups excluding tert-OH is 1. The van der Waals surface area contributed by atoms with Crippen molar-refractivity contribution in [1.82, 2.24) is 0 Å². The fourth-order valence-electron chi connectivity index (χ4n) is 8.23. The number of rotatable bonds is 12. The Morgan fingerprint density at radius 2 is 1.43 bits per heavy atom. The van der Waals surface area contributed by atoms with E-state index in [0.717, 1.165) is 16.7 Å². The molecule has 11 nitrogen and oxygen atoms in total. The molecule has 6 atom stereocenters. The average Bonchev–Trinajstić information content (AvgIpc) is 3.57. The summed E-state index contributed by atoms with van der Waals surface area (Å²) in [7, 11) is 1.58. The van der Waals surface area contributed by atoms with E-state index >= 15 is 0 Å². The molecule has 1 heterocycles. The normalized spacial score (nSPS) is 30.1. The number of ether oxygens (including phenoxy) is 5. The van der Waals surface area contributed by atoms with Gasteiger partial charge in [-0.1, -0.05) is 57.6 Å². The molecule has 1 aromatic rings. The number of hydrogen-bond acceptors (Lipinski definition) is 10. The summed E-state index contributed by atoms with van der Waals surface area (Å²) >= 11 is 0. The van der Waals surface area contributed by atoms with Gasteiger partial charge in [-0.3, -0.25) is 0 Å². The minimum absolute atomic E-state index is 0.0136. The Hall–Kier alpha value is -4.22. The van der Waals surface area contributed by atoms with Gasteiger partial charge in [0.15, 0.2) is 0 Å². The molecule has 250 valence electrons. The minimum Gasteiger partial charge on any atom is -0.497 e. The largest absolute Gasteiger partial charge is 0.497 e. The maximum Gasteiger partial charge on any atom is 0.335 e. The fraction of sp³-hybridized carbons (Fsp3) is 0.500. The van der Waals surface area contributed by atoms with Crippen molar-refractivity contribution < 1.29 is 53.1 Å². The first-order chi connectivity index (χ1) is 22.2. The van der Waals surface area contributed by atoms with Crippen LogP contribution in [0.2, 0.25) is 0 Å². The summed E-state index contributed by atoms with van der Waals surface area (Å²) in [5, 5.41) is 20.3. The maximum absolute atomic E-state index is 14.1. The van der Waals surface area contributed by atoms with E-state index in [4.69, 9.17) is 23.7 Å². The Balaban J connectivity index is 1.25. The van der Waals surface area contributed by atoms with Crippen LogP contribution in [0.15, 0.2) is 64.3 Å². The molecule has 5 aliphatic rings. The van der Waals surface area contributed by atoms with Crippen molar-refractivity contribution in [2.45, 2.75) is 53.2 Å². The van der Waals surface area contributed by atoms with Crippen LogP contribution in [0.5, 0.6) is 5.75 Å². The van der Waals surface area contributed by atoms with Crippen LogP contribution >= 0.6 is 0 Å². The zero-order valence-electron chi connectivity index (χ0n) is 27.4. The zero-order chi connectivity index (χ0) is 34.1. The monoisotopic (exact) mass is 648 g/mol. The van der Waals surface area contributed by atoms with Crippen LogP contribution in [0.4, 0.5) is 0 Å². The molecular weight excluding hydrogens is 608 g/mol. The first-order valence-electron chi connectivity index (χ1n) is 15.8. The molecule has 4 aliphatic carbocycles. The summed E-state index contributed by atoms with van der Waals surface area (Å²) in [6.07, 6.45) is 2.48. The molecule has 1 aromatic carbocycles. The summed E-state index contributed by atoms with van der Waals surface area (Å²) in [5.74, 6) is -3.43. The first kappa shape index (κ1) is 32.7. The molecule has 6 rings (SSSR count). The lowest BCUT2D eigenvalue weighted by Gasteiger charge is -2.42. The molecule has 1 aliphatic heterocycles. The number of hydrogen-bond donors (Lipinski definition) is 2. The van der Waals surface area contributed by atoms with Crippen LogP contribution in [0.25, 0.3) is 5.57 Å². The quantitative estimate of drug-likeness (QED) is 0.147. The molecule has 11 heteroatoms. The lowest BCUT2D eigenvalue weighted by atomic mass is 9.59. The van der Waals surface area contributed by atoms with Crippen LogP contribution in [0.3, 0.4) is 0 Å². The van der Waals surface area contributed by atoms with E-state index in [2.05, 4.69) is 0 Å². The van der Waals surface area contributed by atoms with Crippen LogP contribution in [0, 0.1) is 28.1 Å². The van der Waals surface area contributed by atoms with Crippen molar-refractivity contribution in [3.63, 3.8) is 0 Å². The number of methoxy groups -OCH3 is 1. The van der Waals surface area contributed by atoms with E-state index in [0.29, 0.717) is 18.8 Å². The second-order valence-corrected chi connectivity index (χ2v) is 13.7. The van der Waals surface area contributed by atoms with Gasteiger partial charge >= 0.3 is 23.9 Å². The van der Waals surface area contributed by atoms with E-state index in [-0.39, 0.29) is 46.8 Å². The highest BCUT2D eigenvalue weighted by Crippen LogP contribution is 2.78. The molecule has 0 radical (unpaired) electrons. The standard InChI is InChI=1S/C36H40O11/c1-18-27(19-9-11-23(43-6)12-10-19)36(5)29(28(35(18,4)34(36,2)3)32(41)47-17-24-16-44-24)33(42)46-15-22(37)14-45-31(40)26-21-8-7-20(13-21)25(26)30(38)39/h7-12,20-22,24,37H,13-17H2,1-6H3,(H,38,39)/t20?,21?,22?,24?,35-,36+/m0/s1. The van der Waals surface area contributed by atoms with E-state index in [1.165, 1.54) is 0 Å². The van der Waals surface area contributed by atoms with Crippen molar-refractivity contribution in [3.8, 4) is 5.75 Å². The van der Waals surface area contributed by atoms with Gasteiger partial charge in [-0.25, -0.2) is 19.2 Å². The number of carboxylic acids is 1.